The second-order valence-electron chi connectivity index (χ2n) is 3.74. The second-order valence-corrected chi connectivity index (χ2v) is 4.10. The van der Waals surface area contributed by atoms with Crippen molar-refractivity contribution in [1.29, 1.82) is 0 Å². The normalized spacial score (nSPS) is 21.3. The number of nitrogens with zero attached hydrogens (tertiary/aromatic N) is 3. The van der Waals surface area contributed by atoms with Gasteiger partial charge in [0, 0.05) is 13.0 Å². The average Bonchev–Trinajstić information content (AvgIpc) is 2.82. The molecular weight excluding hydrogens is 257 g/mol. The molecule has 1 atom stereocenters. The summed E-state index contributed by atoms with van der Waals surface area (Å²) >= 11 is 4.05. The van der Waals surface area contributed by atoms with Crippen LogP contribution in [-0.2, 0) is 11.0 Å². The lowest BCUT2D eigenvalue weighted by Crippen LogP contribution is -2.26. The molecule has 17 heavy (non-hydrogen) atoms. The van der Waals surface area contributed by atoms with Crippen molar-refractivity contribution in [3.63, 3.8) is 0 Å². The van der Waals surface area contributed by atoms with Crippen molar-refractivity contribution >= 4 is 24.5 Å². The van der Waals surface area contributed by atoms with E-state index in [1.165, 1.54) is 0 Å². The Hall–Kier alpha value is -1.25. The van der Waals surface area contributed by atoms with Gasteiger partial charge in [-0.05, 0) is 11.7 Å². The molecule has 1 aliphatic heterocycles. The van der Waals surface area contributed by atoms with Crippen LogP contribution in [0.1, 0.15) is 12.2 Å². The van der Waals surface area contributed by atoms with Crippen LogP contribution in [-0.4, -0.2) is 33.4 Å². The van der Waals surface area contributed by atoms with Crippen LogP contribution in [0, 0.1) is 5.92 Å². The first-order valence-corrected chi connectivity index (χ1v) is 5.46. The van der Waals surface area contributed by atoms with Gasteiger partial charge in [-0.3, -0.25) is 14.8 Å². The molecule has 1 amide bonds. The number of anilines is 1. The maximum absolute atomic E-state index is 12.3. The number of aromatic nitrogens is 3. The van der Waals surface area contributed by atoms with Crippen molar-refractivity contribution in [2.45, 2.75) is 12.6 Å². The molecule has 0 bridgehead atoms. The summed E-state index contributed by atoms with van der Waals surface area (Å²) in [5.74, 6) is -1.18. The van der Waals surface area contributed by atoms with Crippen LogP contribution < -0.4 is 4.90 Å². The lowest BCUT2D eigenvalue weighted by atomic mass is 10.1. The zero-order valence-corrected chi connectivity index (χ0v) is 9.42. The largest absolute Gasteiger partial charge is 0.451 e. The predicted octanol–water partition coefficient (Wildman–Crippen LogP) is 1.11. The fourth-order valence-electron chi connectivity index (χ4n) is 1.60. The van der Waals surface area contributed by atoms with E-state index in [2.05, 4.69) is 22.7 Å². The molecule has 1 aromatic heterocycles. The highest BCUT2D eigenvalue weighted by molar-refractivity contribution is 7.80. The molecule has 0 spiro atoms. The van der Waals surface area contributed by atoms with Gasteiger partial charge in [-0.2, -0.15) is 30.8 Å². The van der Waals surface area contributed by atoms with E-state index in [9.17, 15) is 18.0 Å². The van der Waals surface area contributed by atoms with Crippen molar-refractivity contribution in [3.05, 3.63) is 5.82 Å². The van der Waals surface area contributed by atoms with Gasteiger partial charge in [0.1, 0.15) is 0 Å². The van der Waals surface area contributed by atoms with Gasteiger partial charge in [0.05, 0.1) is 0 Å². The SMILES string of the molecule is O=C1CC(CS)CN1c1n[nH]c(C(F)(F)F)n1. The van der Waals surface area contributed by atoms with Crippen molar-refractivity contribution in [3.8, 4) is 0 Å². The van der Waals surface area contributed by atoms with Crippen LogP contribution in [0.3, 0.4) is 0 Å². The zero-order valence-electron chi connectivity index (χ0n) is 8.53. The Morgan fingerprint density at radius 3 is 2.71 bits per heavy atom. The number of alkyl halides is 3. The van der Waals surface area contributed by atoms with Gasteiger partial charge in [-0.15, -0.1) is 5.10 Å². The number of carbonyl (C=O) groups excluding carboxylic acids is 1. The number of aromatic amines is 1. The van der Waals surface area contributed by atoms with Crippen LogP contribution in [0.25, 0.3) is 0 Å². The maximum Gasteiger partial charge on any atom is 0.451 e. The molecule has 94 valence electrons. The molecule has 1 saturated heterocycles. The Labute approximate surface area is 99.8 Å². The summed E-state index contributed by atoms with van der Waals surface area (Å²) in [4.78, 5) is 15.9. The van der Waals surface area contributed by atoms with Crippen LogP contribution >= 0.6 is 12.6 Å². The highest BCUT2D eigenvalue weighted by Crippen LogP contribution is 2.28. The number of amides is 1. The van der Waals surface area contributed by atoms with Crippen LogP contribution in [0.4, 0.5) is 19.1 Å². The number of H-pyrrole nitrogens is 1. The maximum atomic E-state index is 12.3. The molecule has 1 unspecified atom stereocenters. The molecule has 0 aliphatic carbocycles. The molecular formula is C8H9F3N4OS. The minimum Gasteiger partial charge on any atom is -0.279 e. The lowest BCUT2D eigenvalue weighted by molar-refractivity contribution is -0.144. The Morgan fingerprint density at radius 2 is 2.24 bits per heavy atom. The summed E-state index contributed by atoms with van der Waals surface area (Å²) in [5.41, 5.74) is 0. The first-order chi connectivity index (χ1) is 7.91. The van der Waals surface area contributed by atoms with Gasteiger partial charge < -0.3 is 0 Å². The summed E-state index contributed by atoms with van der Waals surface area (Å²) in [5, 5.41) is 5.18. The minimum atomic E-state index is -4.59. The topological polar surface area (TPSA) is 61.9 Å². The fourth-order valence-corrected chi connectivity index (χ4v) is 1.84. The van der Waals surface area contributed by atoms with E-state index < -0.39 is 12.0 Å². The zero-order chi connectivity index (χ0) is 12.6. The summed E-state index contributed by atoms with van der Waals surface area (Å²) in [7, 11) is 0. The molecule has 0 aromatic carbocycles. The van der Waals surface area contributed by atoms with Gasteiger partial charge in [-0.1, -0.05) is 0 Å². The van der Waals surface area contributed by atoms with E-state index in [4.69, 9.17) is 0 Å². The average molecular weight is 266 g/mol. The third kappa shape index (κ3) is 2.38. The number of hydrogen-bond acceptors (Lipinski definition) is 4. The van der Waals surface area contributed by atoms with Crippen molar-refractivity contribution in [2.24, 2.45) is 5.92 Å². The summed E-state index contributed by atoms with van der Waals surface area (Å²) < 4.78 is 36.8. The van der Waals surface area contributed by atoms with Gasteiger partial charge >= 0.3 is 6.18 Å². The predicted molar refractivity (Wildman–Crippen MR) is 55.7 cm³/mol. The number of rotatable bonds is 2. The van der Waals surface area contributed by atoms with E-state index >= 15 is 0 Å². The van der Waals surface area contributed by atoms with Gasteiger partial charge in [0.25, 0.3) is 5.95 Å². The Balaban J connectivity index is 2.19. The van der Waals surface area contributed by atoms with E-state index in [0.717, 1.165) is 4.90 Å². The molecule has 9 heteroatoms. The Kier molecular flexibility index (Phi) is 3.02. The first kappa shape index (κ1) is 12.2. The fraction of sp³-hybridized carbons (Fsp3) is 0.625. The summed E-state index contributed by atoms with van der Waals surface area (Å²) in [6.45, 7) is 0.303. The molecule has 1 fully saturated rings. The molecule has 0 saturated carbocycles. The molecule has 0 radical (unpaired) electrons. The van der Waals surface area contributed by atoms with Crippen LogP contribution in [0.15, 0.2) is 0 Å². The smallest absolute Gasteiger partial charge is 0.279 e. The number of thiol groups is 1. The Bertz CT molecular complexity index is 433. The molecule has 5 nitrogen and oxygen atoms in total. The summed E-state index contributed by atoms with van der Waals surface area (Å²) in [6.07, 6.45) is -4.32. The van der Waals surface area contributed by atoms with Gasteiger partial charge in [-0.25, -0.2) is 0 Å². The van der Waals surface area contributed by atoms with E-state index in [0.29, 0.717) is 12.3 Å². The highest BCUT2D eigenvalue weighted by atomic mass is 32.1. The van der Waals surface area contributed by atoms with E-state index in [-0.39, 0.29) is 24.2 Å². The van der Waals surface area contributed by atoms with Crippen LogP contribution in [0.5, 0.6) is 0 Å². The summed E-state index contributed by atoms with van der Waals surface area (Å²) in [6, 6.07) is 0. The third-order valence-corrected chi connectivity index (χ3v) is 2.96. The molecule has 2 heterocycles. The highest BCUT2D eigenvalue weighted by Gasteiger charge is 2.38. The first-order valence-electron chi connectivity index (χ1n) is 4.82. The van der Waals surface area contributed by atoms with E-state index in [1.807, 2.05) is 0 Å². The van der Waals surface area contributed by atoms with Crippen molar-refractivity contribution in [1.82, 2.24) is 15.2 Å². The second kappa shape index (κ2) is 4.21. The van der Waals surface area contributed by atoms with Crippen molar-refractivity contribution in [2.75, 3.05) is 17.2 Å². The molecule has 1 N–H and O–H groups in total. The van der Waals surface area contributed by atoms with E-state index in [1.54, 1.807) is 5.10 Å². The molecule has 1 aliphatic rings. The monoisotopic (exact) mass is 266 g/mol. The van der Waals surface area contributed by atoms with Crippen molar-refractivity contribution < 1.29 is 18.0 Å². The minimum absolute atomic E-state index is 0.0265. The van der Waals surface area contributed by atoms with Crippen LogP contribution in [0.2, 0.25) is 0 Å². The number of hydrogen-bond donors (Lipinski definition) is 2. The lowest BCUT2D eigenvalue weighted by Gasteiger charge is -2.10. The number of carbonyl (C=O) groups is 1. The van der Waals surface area contributed by atoms with Gasteiger partial charge in [0.2, 0.25) is 11.7 Å². The molecule has 1 aromatic rings. The number of nitrogens with one attached hydrogen (secondary N) is 1. The third-order valence-electron chi connectivity index (χ3n) is 2.45. The standard InChI is InChI=1S/C8H9F3N4OS/c9-8(10,11)6-12-7(14-13-6)15-2-4(3-17)1-5(15)16/h4,17H,1-3H2,(H,12,13,14). The molecule has 2 rings (SSSR count). The Morgan fingerprint density at radius 1 is 1.53 bits per heavy atom. The van der Waals surface area contributed by atoms with Gasteiger partial charge in [0.15, 0.2) is 0 Å². The quantitative estimate of drug-likeness (QED) is 0.788. The number of halogens is 3.